The van der Waals surface area contributed by atoms with Crippen molar-refractivity contribution in [1.29, 1.82) is 0 Å². The highest BCUT2D eigenvalue weighted by Crippen LogP contribution is 2.55. The Balaban J connectivity index is 1.38. The zero-order valence-electron chi connectivity index (χ0n) is 15.2. The number of anilines is 1. The van der Waals surface area contributed by atoms with E-state index in [1.165, 1.54) is 24.8 Å². The van der Waals surface area contributed by atoms with E-state index in [2.05, 4.69) is 24.5 Å². The van der Waals surface area contributed by atoms with E-state index in [0.717, 1.165) is 37.0 Å². The lowest BCUT2D eigenvalue weighted by atomic mass is 9.53. The van der Waals surface area contributed by atoms with Crippen LogP contribution >= 0.6 is 0 Å². The van der Waals surface area contributed by atoms with Crippen molar-refractivity contribution in [3.8, 4) is 0 Å². The summed E-state index contributed by atoms with van der Waals surface area (Å²) in [5.41, 5.74) is 1.77. The number of hydrogen-bond donors (Lipinski definition) is 2. The number of amides is 2. The molecular formula is C21H28N2O2. The molecule has 4 nitrogen and oxygen atoms in total. The third-order valence-electron chi connectivity index (χ3n) is 6.46. The molecule has 0 atom stereocenters. The van der Waals surface area contributed by atoms with Crippen molar-refractivity contribution in [3.63, 3.8) is 0 Å². The molecule has 0 saturated heterocycles. The van der Waals surface area contributed by atoms with Gasteiger partial charge < -0.3 is 10.6 Å². The Morgan fingerprint density at radius 2 is 1.44 bits per heavy atom. The lowest BCUT2D eigenvalue weighted by Gasteiger charge is -2.56. The van der Waals surface area contributed by atoms with Crippen molar-refractivity contribution in [2.24, 2.45) is 17.8 Å². The summed E-state index contributed by atoms with van der Waals surface area (Å²) in [4.78, 5) is 24.8. The summed E-state index contributed by atoms with van der Waals surface area (Å²) >= 11 is 0. The predicted octanol–water partition coefficient (Wildman–Crippen LogP) is 3.83. The molecule has 2 N–H and O–H groups in total. The minimum atomic E-state index is -0.548. The van der Waals surface area contributed by atoms with Crippen molar-refractivity contribution >= 4 is 17.5 Å². The first-order chi connectivity index (χ1) is 11.9. The second-order valence-corrected chi connectivity index (χ2v) is 8.88. The second-order valence-electron chi connectivity index (χ2n) is 8.88. The third kappa shape index (κ3) is 3.31. The van der Waals surface area contributed by atoms with Crippen LogP contribution in [0.1, 0.15) is 63.9 Å². The fourth-order valence-electron chi connectivity index (χ4n) is 5.70. The van der Waals surface area contributed by atoms with Crippen LogP contribution in [0.5, 0.6) is 0 Å². The first-order valence-corrected chi connectivity index (χ1v) is 9.66. The van der Waals surface area contributed by atoms with Gasteiger partial charge in [-0.3, -0.25) is 9.59 Å². The highest BCUT2D eigenvalue weighted by molar-refractivity contribution is 6.39. The van der Waals surface area contributed by atoms with Crippen LogP contribution in [-0.4, -0.2) is 17.4 Å². The number of carbonyl (C=O) groups excluding carboxylic acids is 2. The monoisotopic (exact) mass is 340 g/mol. The van der Waals surface area contributed by atoms with E-state index in [4.69, 9.17) is 0 Å². The van der Waals surface area contributed by atoms with Crippen molar-refractivity contribution in [3.05, 3.63) is 29.8 Å². The topological polar surface area (TPSA) is 58.2 Å². The molecule has 1 aromatic rings. The molecule has 1 aromatic carbocycles. The Labute approximate surface area is 149 Å². The maximum atomic E-state index is 12.5. The van der Waals surface area contributed by atoms with Crippen molar-refractivity contribution in [2.75, 3.05) is 5.32 Å². The number of benzene rings is 1. The van der Waals surface area contributed by atoms with Crippen molar-refractivity contribution in [1.82, 2.24) is 5.32 Å². The lowest BCUT2D eigenvalue weighted by Crippen LogP contribution is -2.61. The van der Waals surface area contributed by atoms with Gasteiger partial charge in [-0.2, -0.15) is 0 Å². The van der Waals surface area contributed by atoms with Crippen LogP contribution in [0, 0.1) is 17.8 Å². The number of carbonyl (C=O) groups is 2. The summed E-state index contributed by atoms with van der Waals surface area (Å²) < 4.78 is 0. The third-order valence-corrected chi connectivity index (χ3v) is 6.46. The Hall–Kier alpha value is -1.84. The van der Waals surface area contributed by atoms with E-state index in [9.17, 15) is 9.59 Å². The van der Waals surface area contributed by atoms with Gasteiger partial charge in [-0.1, -0.05) is 26.0 Å². The zero-order chi connectivity index (χ0) is 17.6. The van der Waals surface area contributed by atoms with Crippen molar-refractivity contribution in [2.45, 2.75) is 63.8 Å². The SMILES string of the molecule is CC(C)c1ccc(NC(=O)C(=O)NC23CC4CC(CC(C4)C2)C3)cc1. The van der Waals surface area contributed by atoms with E-state index >= 15 is 0 Å². The first-order valence-electron chi connectivity index (χ1n) is 9.66. The Kier molecular flexibility index (Phi) is 4.09. The van der Waals surface area contributed by atoms with Crippen LogP contribution in [0.2, 0.25) is 0 Å². The van der Waals surface area contributed by atoms with Crippen LogP contribution in [-0.2, 0) is 9.59 Å². The summed E-state index contributed by atoms with van der Waals surface area (Å²) in [6.45, 7) is 4.26. The van der Waals surface area contributed by atoms with Gasteiger partial charge in [0.15, 0.2) is 0 Å². The van der Waals surface area contributed by atoms with Gasteiger partial charge in [-0.15, -0.1) is 0 Å². The average Bonchev–Trinajstić information content (AvgIpc) is 2.53. The van der Waals surface area contributed by atoms with E-state index < -0.39 is 11.8 Å². The van der Waals surface area contributed by atoms with Gasteiger partial charge in [0, 0.05) is 11.2 Å². The Morgan fingerprint density at radius 3 is 1.92 bits per heavy atom. The van der Waals surface area contributed by atoms with Crippen LogP contribution in [0.4, 0.5) is 5.69 Å². The molecule has 0 heterocycles. The molecule has 0 unspecified atom stereocenters. The Morgan fingerprint density at radius 1 is 0.920 bits per heavy atom. The Bertz CT molecular complexity index is 642. The molecule has 4 fully saturated rings. The van der Waals surface area contributed by atoms with Gasteiger partial charge in [0.2, 0.25) is 0 Å². The molecule has 0 aliphatic heterocycles. The van der Waals surface area contributed by atoms with Crippen molar-refractivity contribution < 1.29 is 9.59 Å². The molecule has 4 saturated carbocycles. The van der Waals surface area contributed by atoms with Gasteiger partial charge in [0.05, 0.1) is 0 Å². The molecule has 4 heteroatoms. The van der Waals surface area contributed by atoms with Crippen LogP contribution < -0.4 is 10.6 Å². The standard InChI is InChI=1S/C21H28N2O2/c1-13(2)17-3-5-18(6-4-17)22-19(24)20(25)23-21-10-14-7-15(11-21)9-16(8-14)12-21/h3-6,13-16H,7-12H2,1-2H3,(H,22,24)(H,23,25). The lowest BCUT2D eigenvalue weighted by molar-refractivity contribution is -0.139. The smallest absolute Gasteiger partial charge is 0.313 e. The molecule has 25 heavy (non-hydrogen) atoms. The minimum Gasteiger partial charge on any atom is -0.342 e. The van der Waals surface area contributed by atoms with Gasteiger partial charge in [-0.05, 0) is 79.9 Å². The first kappa shape index (κ1) is 16.6. The summed E-state index contributed by atoms with van der Waals surface area (Å²) in [6.07, 6.45) is 7.14. The largest absolute Gasteiger partial charge is 0.342 e. The zero-order valence-corrected chi connectivity index (χ0v) is 15.2. The van der Waals surface area contributed by atoms with Gasteiger partial charge in [-0.25, -0.2) is 0 Å². The van der Waals surface area contributed by atoms with Gasteiger partial charge in [0.1, 0.15) is 0 Å². The second kappa shape index (κ2) is 6.15. The molecule has 0 spiro atoms. The molecule has 5 rings (SSSR count). The predicted molar refractivity (Wildman–Crippen MR) is 98.2 cm³/mol. The van der Waals surface area contributed by atoms with Crippen LogP contribution in [0.15, 0.2) is 24.3 Å². The van der Waals surface area contributed by atoms with E-state index in [-0.39, 0.29) is 5.54 Å². The molecular weight excluding hydrogens is 312 g/mol. The summed E-state index contributed by atoms with van der Waals surface area (Å²) in [6, 6.07) is 7.73. The minimum absolute atomic E-state index is 0.120. The van der Waals surface area contributed by atoms with Gasteiger partial charge in [0.25, 0.3) is 0 Å². The highest BCUT2D eigenvalue weighted by Gasteiger charge is 2.51. The number of rotatable bonds is 3. The fraction of sp³-hybridized carbons (Fsp3) is 0.619. The van der Waals surface area contributed by atoms with Crippen LogP contribution in [0.3, 0.4) is 0 Å². The van der Waals surface area contributed by atoms with Crippen LogP contribution in [0.25, 0.3) is 0 Å². The number of nitrogens with one attached hydrogen (secondary N) is 2. The fourth-order valence-corrected chi connectivity index (χ4v) is 5.70. The molecule has 2 amide bonds. The molecule has 134 valence electrons. The maximum absolute atomic E-state index is 12.5. The van der Waals surface area contributed by atoms with E-state index in [1.54, 1.807) is 0 Å². The molecule has 4 aliphatic rings. The summed E-state index contributed by atoms with van der Waals surface area (Å²) in [7, 11) is 0. The summed E-state index contributed by atoms with van der Waals surface area (Å²) in [5, 5.41) is 5.86. The summed E-state index contributed by atoms with van der Waals surface area (Å²) in [5.74, 6) is 1.67. The molecule has 4 aliphatic carbocycles. The average molecular weight is 340 g/mol. The van der Waals surface area contributed by atoms with Gasteiger partial charge >= 0.3 is 11.8 Å². The highest BCUT2D eigenvalue weighted by atomic mass is 16.2. The molecule has 4 bridgehead atoms. The van der Waals surface area contributed by atoms with E-state index in [0.29, 0.717) is 11.6 Å². The maximum Gasteiger partial charge on any atom is 0.313 e. The number of hydrogen-bond acceptors (Lipinski definition) is 2. The normalized spacial score (nSPS) is 32.7. The quantitative estimate of drug-likeness (QED) is 0.822. The van der Waals surface area contributed by atoms with E-state index in [1.807, 2.05) is 24.3 Å². The molecule has 0 aromatic heterocycles. The molecule has 0 radical (unpaired) electrons.